The van der Waals surface area contributed by atoms with Crippen LogP contribution in [0.15, 0.2) is 53.7 Å². The Bertz CT molecular complexity index is 1160. The molecular weight excluding hydrogens is 452 g/mol. The molecule has 0 aliphatic carbocycles. The van der Waals surface area contributed by atoms with Gasteiger partial charge in [0.15, 0.2) is 22.9 Å². The quantitative estimate of drug-likeness (QED) is 0.308. The number of aromatic nitrogens is 3. The largest absolute Gasteiger partial charge is 0.497 e. The lowest BCUT2D eigenvalue weighted by atomic mass is 10.1. The van der Waals surface area contributed by atoms with Gasteiger partial charge in [-0.1, -0.05) is 30.0 Å². The second kappa shape index (κ2) is 11.2. The van der Waals surface area contributed by atoms with Crippen molar-refractivity contribution in [2.75, 3.05) is 12.4 Å². The van der Waals surface area contributed by atoms with E-state index in [9.17, 15) is 9.59 Å². The lowest BCUT2D eigenvalue weighted by Crippen LogP contribution is -2.23. The van der Waals surface area contributed by atoms with Gasteiger partial charge in [-0.25, -0.2) is 0 Å². The molecule has 34 heavy (non-hydrogen) atoms. The van der Waals surface area contributed by atoms with E-state index in [0.29, 0.717) is 33.7 Å². The molecule has 0 radical (unpaired) electrons. The summed E-state index contributed by atoms with van der Waals surface area (Å²) in [6, 6.07) is 14.3. The van der Waals surface area contributed by atoms with E-state index in [-0.39, 0.29) is 23.8 Å². The fourth-order valence-corrected chi connectivity index (χ4v) is 4.32. The van der Waals surface area contributed by atoms with Crippen LogP contribution in [0.5, 0.6) is 11.5 Å². The maximum atomic E-state index is 12.8. The molecule has 0 aliphatic heterocycles. The van der Waals surface area contributed by atoms with Gasteiger partial charge < -0.3 is 19.4 Å². The standard InChI is InChI=1S/C25H30N4O4S/c1-15(2)29-23(17(4)33-22-12-8-11-21(14-22)32-6)27-28-25(29)34-18(5)24(31)26-20-10-7-9-19(13-20)16(3)30/h7-15,17-18H,1-6H3,(H,26,31). The highest BCUT2D eigenvalue weighted by atomic mass is 32.2. The Kier molecular flexibility index (Phi) is 8.33. The van der Waals surface area contributed by atoms with Crippen LogP contribution < -0.4 is 14.8 Å². The highest BCUT2D eigenvalue weighted by molar-refractivity contribution is 8.00. The van der Waals surface area contributed by atoms with Crippen molar-refractivity contribution in [2.45, 2.75) is 57.2 Å². The molecule has 1 aromatic heterocycles. The number of hydrogen-bond donors (Lipinski definition) is 1. The lowest BCUT2D eigenvalue weighted by Gasteiger charge is -2.20. The van der Waals surface area contributed by atoms with Gasteiger partial charge in [0, 0.05) is 23.4 Å². The molecule has 8 nitrogen and oxygen atoms in total. The molecule has 1 amide bonds. The third-order valence-corrected chi connectivity index (χ3v) is 6.17. The van der Waals surface area contributed by atoms with E-state index < -0.39 is 5.25 Å². The van der Waals surface area contributed by atoms with E-state index in [2.05, 4.69) is 15.5 Å². The average Bonchev–Trinajstić information content (AvgIpc) is 3.23. The highest BCUT2D eigenvalue weighted by Gasteiger charge is 2.25. The molecule has 2 aromatic carbocycles. The van der Waals surface area contributed by atoms with Gasteiger partial charge in [-0.05, 0) is 58.9 Å². The number of nitrogens with zero attached hydrogens (tertiary/aromatic N) is 3. The number of Topliss-reactive ketones (excluding diaryl/α,β-unsaturated/α-hetero) is 1. The van der Waals surface area contributed by atoms with Gasteiger partial charge in [0.1, 0.15) is 11.5 Å². The number of ether oxygens (including phenoxy) is 2. The van der Waals surface area contributed by atoms with Crippen LogP contribution in [0.3, 0.4) is 0 Å². The fraction of sp³-hybridized carbons (Fsp3) is 0.360. The average molecular weight is 483 g/mol. The van der Waals surface area contributed by atoms with Crippen molar-refractivity contribution in [3.63, 3.8) is 0 Å². The molecule has 0 saturated carbocycles. The normalized spacial score (nSPS) is 12.8. The summed E-state index contributed by atoms with van der Waals surface area (Å²) < 4.78 is 13.3. The molecule has 9 heteroatoms. The number of anilines is 1. The summed E-state index contributed by atoms with van der Waals surface area (Å²) in [6.45, 7) is 9.29. The summed E-state index contributed by atoms with van der Waals surface area (Å²) in [5.74, 6) is 1.80. The number of nitrogens with one attached hydrogen (secondary N) is 1. The minimum absolute atomic E-state index is 0.0543. The second-order valence-electron chi connectivity index (χ2n) is 8.13. The first kappa shape index (κ1) is 25.3. The number of thioether (sulfide) groups is 1. The first-order chi connectivity index (χ1) is 16.2. The van der Waals surface area contributed by atoms with E-state index in [1.165, 1.54) is 18.7 Å². The van der Waals surface area contributed by atoms with Gasteiger partial charge >= 0.3 is 0 Å². The Labute approximate surface area is 204 Å². The molecule has 3 rings (SSSR count). The zero-order valence-corrected chi connectivity index (χ0v) is 21.1. The van der Waals surface area contributed by atoms with Gasteiger partial charge in [0.2, 0.25) is 5.91 Å². The van der Waals surface area contributed by atoms with Crippen LogP contribution >= 0.6 is 11.8 Å². The minimum Gasteiger partial charge on any atom is -0.497 e. The smallest absolute Gasteiger partial charge is 0.237 e. The first-order valence-electron chi connectivity index (χ1n) is 11.0. The summed E-state index contributed by atoms with van der Waals surface area (Å²) >= 11 is 1.32. The lowest BCUT2D eigenvalue weighted by molar-refractivity contribution is -0.115. The number of hydrogen-bond acceptors (Lipinski definition) is 7. The summed E-state index contributed by atoms with van der Waals surface area (Å²) in [5, 5.41) is 11.8. The highest BCUT2D eigenvalue weighted by Crippen LogP contribution is 2.31. The number of benzene rings is 2. The summed E-state index contributed by atoms with van der Waals surface area (Å²) in [5.41, 5.74) is 1.13. The molecular formula is C25H30N4O4S. The number of rotatable bonds is 10. The number of ketones is 1. The van der Waals surface area contributed by atoms with Crippen molar-refractivity contribution in [3.8, 4) is 11.5 Å². The van der Waals surface area contributed by atoms with Gasteiger partial charge in [0.25, 0.3) is 0 Å². The predicted molar refractivity (Wildman–Crippen MR) is 133 cm³/mol. The Morgan fingerprint density at radius 3 is 2.38 bits per heavy atom. The monoisotopic (exact) mass is 482 g/mol. The number of amides is 1. The maximum absolute atomic E-state index is 12.8. The first-order valence-corrected chi connectivity index (χ1v) is 11.9. The van der Waals surface area contributed by atoms with Crippen LogP contribution in [0.25, 0.3) is 0 Å². The Morgan fingerprint density at radius 2 is 1.71 bits per heavy atom. The molecule has 2 unspecified atom stereocenters. The molecule has 0 spiro atoms. The van der Waals surface area contributed by atoms with Crippen LogP contribution in [0, 0.1) is 0 Å². The van der Waals surface area contributed by atoms with Crippen LogP contribution in [0.2, 0.25) is 0 Å². The molecule has 2 atom stereocenters. The predicted octanol–water partition coefficient (Wildman–Crippen LogP) is 5.33. The molecule has 0 bridgehead atoms. The van der Waals surface area contributed by atoms with Gasteiger partial charge in [-0.15, -0.1) is 10.2 Å². The third kappa shape index (κ3) is 6.17. The van der Waals surface area contributed by atoms with Crippen molar-refractivity contribution in [3.05, 3.63) is 59.9 Å². The van der Waals surface area contributed by atoms with E-state index in [1.54, 1.807) is 31.4 Å². The number of methoxy groups -OCH3 is 1. The van der Waals surface area contributed by atoms with Gasteiger partial charge in [0.05, 0.1) is 12.4 Å². The van der Waals surface area contributed by atoms with E-state index in [4.69, 9.17) is 9.47 Å². The van der Waals surface area contributed by atoms with Crippen molar-refractivity contribution in [1.82, 2.24) is 14.8 Å². The summed E-state index contributed by atoms with van der Waals surface area (Å²) in [7, 11) is 1.61. The topological polar surface area (TPSA) is 95.3 Å². The molecule has 180 valence electrons. The molecule has 0 aliphatic rings. The van der Waals surface area contributed by atoms with Crippen LogP contribution in [0.4, 0.5) is 5.69 Å². The van der Waals surface area contributed by atoms with Crippen molar-refractivity contribution >= 4 is 29.1 Å². The Hall–Kier alpha value is -3.33. The van der Waals surface area contributed by atoms with E-state index in [1.807, 2.05) is 56.5 Å². The fourth-order valence-electron chi connectivity index (χ4n) is 3.33. The molecule has 0 saturated heterocycles. The van der Waals surface area contributed by atoms with E-state index >= 15 is 0 Å². The summed E-state index contributed by atoms with van der Waals surface area (Å²) in [4.78, 5) is 24.4. The SMILES string of the molecule is COc1cccc(OC(C)c2nnc(SC(C)C(=O)Nc3cccc(C(C)=O)c3)n2C(C)C)c1. The van der Waals surface area contributed by atoms with E-state index in [0.717, 1.165) is 0 Å². The number of carbonyl (C=O) groups excluding carboxylic acids is 2. The molecule has 1 N–H and O–H groups in total. The van der Waals surface area contributed by atoms with Crippen molar-refractivity contribution in [1.29, 1.82) is 0 Å². The maximum Gasteiger partial charge on any atom is 0.237 e. The molecule has 0 fully saturated rings. The molecule has 1 heterocycles. The van der Waals surface area contributed by atoms with Crippen LogP contribution in [0.1, 0.15) is 62.9 Å². The van der Waals surface area contributed by atoms with Crippen LogP contribution in [-0.2, 0) is 4.79 Å². The second-order valence-corrected chi connectivity index (χ2v) is 9.44. The Balaban J connectivity index is 1.73. The minimum atomic E-state index is -0.440. The van der Waals surface area contributed by atoms with Crippen LogP contribution in [-0.4, -0.2) is 38.8 Å². The summed E-state index contributed by atoms with van der Waals surface area (Å²) in [6.07, 6.45) is -0.366. The third-order valence-electron chi connectivity index (χ3n) is 5.11. The van der Waals surface area contributed by atoms with Gasteiger partial charge in [-0.3, -0.25) is 9.59 Å². The van der Waals surface area contributed by atoms with Gasteiger partial charge in [-0.2, -0.15) is 0 Å². The van der Waals surface area contributed by atoms with Crippen molar-refractivity contribution < 1.29 is 19.1 Å². The zero-order valence-electron chi connectivity index (χ0n) is 20.2. The zero-order chi connectivity index (χ0) is 24.8. The molecule has 3 aromatic rings. The number of carbonyl (C=O) groups is 2. The van der Waals surface area contributed by atoms with Crippen molar-refractivity contribution in [2.24, 2.45) is 0 Å². The Morgan fingerprint density at radius 1 is 1.00 bits per heavy atom.